The number of nitrogens with one attached hydrogen (secondary N) is 2. The van der Waals surface area contributed by atoms with E-state index < -0.39 is 0 Å². The molecular weight excluding hydrogens is 434 g/mol. The van der Waals surface area contributed by atoms with Crippen molar-refractivity contribution in [2.75, 3.05) is 7.05 Å². The first-order chi connectivity index (χ1) is 16.7. The molecule has 2 N–H and O–H groups in total. The average molecular weight is 474 g/mol. The number of carbonyl (C=O) groups excluding carboxylic acids is 2. The third kappa shape index (κ3) is 3.26. The summed E-state index contributed by atoms with van der Waals surface area (Å²) in [6, 6.07) is 8.80. The summed E-state index contributed by atoms with van der Waals surface area (Å²) in [6.45, 7) is 6.59. The Hall–Kier alpha value is -2.56. The molecule has 0 bridgehead atoms. The summed E-state index contributed by atoms with van der Waals surface area (Å²) in [7, 11) is 1.99. The van der Waals surface area contributed by atoms with Gasteiger partial charge in [0.1, 0.15) is 0 Å². The fourth-order valence-electron chi connectivity index (χ4n) is 9.29. The normalized spacial score (nSPS) is 39.1. The van der Waals surface area contributed by atoms with Crippen LogP contribution in [0.15, 0.2) is 42.6 Å². The fourth-order valence-corrected chi connectivity index (χ4v) is 9.29. The van der Waals surface area contributed by atoms with Gasteiger partial charge in [-0.25, -0.2) is 0 Å². The van der Waals surface area contributed by atoms with Crippen molar-refractivity contribution in [3.8, 4) is 0 Å². The Morgan fingerprint density at radius 1 is 1.11 bits per heavy atom. The Bertz CT molecular complexity index is 1200. The minimum absolute atomic E-state index is 0.0282. The number of hydrogen-bond donors (Lipinski definition) is 2. The van der Waals surface area contributed by atoms with Crippen molar-refractivity contribution in [3.05, 3.63) is 48.2 Å². The van der Waals surface area contributed by atoms with E-state index in [1.54, 1.807) is 6.92 Å². The van der Waals surface area contributed by atoms with Gasteiger partial charge in [0.2, 0.25) is 11.8 Å². The van der Waals surface area contributed by atoms with Gasteiger partial charge in [-0.3, -0.25) is 9.59 Å². The molecule has 0 radical (unpaired) electrons. The molecular formula is C30H39N3O2. The highest BCUT2D eigenvalue weighted by Gasteiger charge is 2.61. The molecule has 4 aliphatic rings. The number of likely N-dealkylation sites (N-methyl/N-ethyl adjacent to an activating group) is 1. The Kier molecular flexibility index (Phi) is 5.21. The Labute approximate surface area is 208 Å². The largest absolute Gasteiger partial charge is 0.361 e. The van der Waals surface area contributed by atoms with E-state index in [0.29, 0.717) is 29.7 Å². The molecule has 8 atom stereocenters. The third-order valence-electron chi connectivity index (χ3n) is 10.9. The lowest BCUT2D eigenvalue weighted by Crippen LogP contribution is -2.59. The number of benzene rings is 1. The Morgan fingerprint density at radius 3 is 2.71 bits per heavy atom. The summed E-state index contributed by atoms with van der Waals surface area (Å²) in [5.74, 6) is 2.61. The van der Waals surface area contributed by atoms with Crippen molar-refractivity contribution in [2.45, 2.75) is 71.4 Å². The average Bonchev–Trinajstić information content (AvgIpc) is 3.41. The van der Waals surface area contributed by atoms with E-state index in [4.69, 9.17) is 0 Å². The van der Waals surface area contributed by atoms with Gasteiger partial charge in [0.25, 0.3) is 0 Å². The number of hydrogen-bond acceptors (Lipinski definition) is 2. The molecule has 3 fully saturated rings. The second kappa shape index (κ2) is 7.97. The number of fused-ring (bicyclic) bond motifs is 6. The lowest BCUT2D eigenvalue weighted by Gasteiger charge is -2.60. The first-order valence-electron chi connectivity index (χ1n) is 13.5. The van der Waals surface area contributed by atoms with Gasteiger partial charge in [0.05, 0.1) is 6.04 Å². The zero-order valence-electron chi connectivity index (χ0n) is 21.5. The maximum absolute atomic E-state index is 12.4. The van der Waals surface area contributed by atoms with Gasteiger partial charge in [-0.15, -0.1) is 0 Å². The minimum atomic E-state index is 0.0282. The van der Waals surface area contributed by atoms with Crippen molar-refractivity contribution in [1.29, 1.82) is 0 Å². The zero-order valence-corrected chi connectivity index (χ0v) is 21.5. The number of aromatic amines is 1. The number of carbonyl (C=O) groups is 2. The van der Waals surface area contributed by atoms with E-state index in [1.807, 2.05) is 18.0 Å². The van der Waals surface area contributed by atoms with Crippen molar-refractivity contribution >= 4 is 22.7 Å². The molecule has 5 nitrogen and oxygen atoms in total. The topological polar surface area (TPSA) is 65.2 Å². The second-order valence-corrected chi connectivity index (χ2v) is 12.3. The number of amides is 2. The first-order valence-corrected chi connectivity index (χ1v) is 13.5. The summed E-state index contributed by atoms with van der Waals surface area (Å²) < 4.78 is 0. The van der Waals surface area contributed by atoms with Crippen LogP contribution >= 0.6 is 0 Å². The summed E-state index contributed by atoms with van der Waals surface area (Å²) in [5.41, 5.74) is 2.64. The van der Waals surface area contributed by atoms with Crippen LogP contribution in [-0.2, 0) is 9.59 Å². The van der Waals surface area contributed by atoms with E-state index in [9.17, 15) is 9.59 Å². The van der Waals surface area contributed by atoms with Crippen LogP contribution in [0.1, 0.15) is 70.9 Å². The predicted octanol–water partition coefficient (Wildman–Crippen LogP) is 5.60. The first kappa shape index (κ1) is 22.9. The van der Waals surface area contributed by atoms with Gasteiger partial charge in [0.15, 0.2) is 0 Å². The highest BCUT2D eigenvalue weighted by atomic mass is 16.2. The van der Waals surface area contributed by atoms with Crippen molar-refractivity contribution in [1.82, 2.24) is 15.2 Å². The predicted molar refractivity (Wildman–Crippen MR) is 138 cm³/mol. The lowest BCUT2D eigenvalue weighted by molar-refractivity contribution is -0.139. The SMILES string of the molecule is CC(=O)NC(c1c[nH]c2ccccc12)[C@H]1CC[C@H]2[C@@H]3CC[C@H]4N(C)C(=O)C=C[C@]4(C)[C@H]3CC[C@]12C. The quantitative estimate of drug-likeness (QED) is 0.609. The molecule has 1 aliphatic heterocycles. The maximum Gasteiger partial charge on any atom is 0.246 e. The molecule has 1 aromatic heterocycles. The molecule has 6 rings (SSSR count). The van der Waals surface area contributed by atoms with Crippen LogP contribution in [0.2, 0.25) is 0 Å². The van der Waals surface area contributed by atoms with E-state index in [1.165, 1.54) is 36.6 Å². The standard InChI is InChI=1S/C30H39N3O2/c1-18(34)32-28(21-17-31-25-8-6-5-7-19(21)25)24-11-10-22-20-9-12-26-30(3,16-14-27(35)33(26)4)23(20)13-15-29(22,24)2/h5-8,14,16-17,20,22-24,26,28,31H,9-13,15H2,1-4H3,(H,32,34)/t20-,22-,23-,24+,26+,28?,29-,30+/m0/s1. The van der Waals surface area contributed by atoms with E-state index in [-0.39, 0.29) is 28.7 Å². The van der Waals surface area contributed by atoms with Crippen LogP contribution < -0.4 is 5.32 Å². The third-order valence-corrected chi connectivity index (χ3v) is 10.9. The summed E-state index contributed by atoms with van der Waals surface area (Å²) in [6.07, 6.45) is 13.3. The van der Waals surface area contributed by atoms with E-state index in [2.05, 4.69) is 60.7 Å². The maximum atomic E-state index is 12.4. The van der Waals surface area contributed by atoms with Gasteiger partial charge < -0.3 is 15.2 Å². The fraction of sp³-hybridized carbons (Fsp3) is 0.600. The second-order valence-electron chi connectivity index (χ2n) is 12.3. The summed E-state index contributed by atoms with van der Waals surface area (Å²) in [5, 5.41) is 4.62. The molecule has 2 amide bonds. The van der Waals surface area contributed by atoms with Gasteiger partial charge in [-0.05, 0) is 85.3 Å². The molecule has 2 aromatic rings. The molecule has 1 unspecified atom stereocenters. The minimum Gasteiger partial charge on any atom is -0.361 e. The highest BCUT2D eigenvalue weighted by molar-refractivity contribution is 5.89. The number of para-hydroxylation sites is 1. The summed E-state index contributed by atoms with van der Waals surface area (Å²) in [4.78, 5) is 30.3. The highest BCUT2D eigenvalue weighted by Crippen LogP contribution is 2.67. The van der Waals surface area contributed by atoms with E-state index in [0.717, 1.165) is 18.4 Å². The number of aromatic nitrogens is 1. The molecule has 5 heteroatoms. The molecule has 2 heterocycles. The van der Waals surface area contributed by atoms with Crippen molar-refractivity contribution in [2.24, 2.45) is 34.5 Å². The Morgan fingerprint density at radius 2 is 1.91 bits per heavy atom. The van der Waals surface area contributed by atoms with E-state index >= 15 is 0 Å². The molecule has 1 aromatic carbocycles. The number of rotatable bonds is 3. The molecule has 186 valence electrons. The van der Waals surface area contributed by atoms with Crippen LogP contribution in [-0.4, -0.2) is 34.8 Å². The zero-order chi connectivity index (χ0) is 24.5. The molecule has 35 heavy (non-hydrogen) atoms. The molecule has 3 aliphatic carbocycles. The van der Waals surface area contributed by atoms with Crippen molar-refractivity contribution < 1.29 is 9.59 Å². The van der Waals surface area contributed by atoms with Crippen LogP contribution in [0.5, 0.6) is 0 Å². The van der Waals surface area contributed by atoms with Crippen LogP contribution in [0.3, 0.4) is 0 Å². The van der Waals surface area contributed by atoms with Gasteiger partial charge in [-0.1, -0.05) is 38.1 Å². The van der Waals surface area contributed by atoms with Gasteiger partial charge >= 0.3 is 0 Å². The van der Waals surface area contributed by atoms with Crippen LogP contribution in [0.4, 0.5) is 0 Å². The lowest BCUT2D eigenvalue weighted by atomic mass is 9.47. The monoisotopic (exact) mass is 473 g/mol. The van der Waals surface area contributed by atoms with Gasteiger partial charge in [0, 0.05) is 42.5 Å². The van der Waals surface area contributed by atoms with Crippen LogP contribution in [0.25, 0.3) is 10.9 Å². The van der Waals surface area contributed by atoms with Crippen molar-refractivity contribution in [3.63, 3.8) is 0 Å². The van der Waals surface area contributed by atoms with Gasteiger partial charge in [-0.2, -0.15) is 0 Å². The summed E-state index contributed by atoms with van der Waals surface area (Å²) >= 11 is 0. The molecule has 3 saturated carbocycles. The van der Waals surface area contributed by atoms with Crippen LogP contribution in [0, 0.1) is 34.5 Å². The smallest absolute Gasteiger partial charge is 0.246 e. The number of H-pyrrole nitrogens is 1. The number of nitrogens with zero attached hydrogens (tertiary/aromatic N) is 1. The Balaban J connectivity index is 1.34. The molecule has 0 spiro atoms. The molecule has 0 saturated heterocycles.